The van der Waals surface area contributed by atoms with E-state index in [1.54, 1.807) is 6.92 Å². The molecule has 1 aromatic carbocycles. The zero-order valence-corrected chi connectivity index (χ0v) is 10.2. The van der Waals surface area contributed by atoms with Crippen molar-refractivity contribution < 1.29 is 14.5 Å². The second-order valence-corrected chi connectivity index (χ2v) is 4.11. The second-order valence-electron chi connectivity index (χ2n) is 3.70. The van der Waals surface area contributed by atoms with Crippen molar-refractivity contribution in [3.05, 3.63) is 33.3 Å². The largest absolute Gasteiger partial charge is 0.490 e. The Bertz CT molecular complexity index is 447. The lowest BCUT2D eigenvalue weighted by atomic mass is 10.2. The Morgan fingerprint density at radius 2 is 2.24 bits per heavy atom. The van der Waals surface area contributed by atoms with Gasteiger partial charge in [-0.2, -0.15) is 0 Å². The van der Waals surface area contributed by atoms with Crippen molar-refractivity contribution in [3.8, 4) is 5.75 Å². The van der Waals surface area contributed by atoms with E-state index in [1.807, 2.05) is 0 Å². The van der Waals surface area contributed by atoms with Gasteiger partial charge in [0.15, 0.2) is 0 Å². The molecular weight excluding hydrogens is 246 g/mol. The Balaban J connectivity index is 2.77. The molecule has 0 aliphatic rings. The van der Waals surface area contributed by atoms with Gasteiger partial charge in [-0.15, -0.1) is 0 Å². The molecule has 5 nitrogen and oxygen atoms in total. The highest BCUT2D eigenvalue weighted by Gasteiger charge is 2.14. The van der Waals surface area contributed by atoms with Crippen molar-refractivity contribution in [2.75, 3.05) is 0 Å². The van der Waals surface area contributed by atoms with E-state index in [4.69, 9.17) is 16.3 Å². The lowest BCUT2D eigenvalue weighted by Crippen LogP contribution is -2.15. The second kappa shape index (κ2) is 5.63. The summed E-state index contributed by atoms with van der Waals surface area (Å²) in [7, 11) is 0. The fraction of sp³-hybridized carbons (Fsp3) is 0.364. The SMILES string of the molecule is CC(=O)CC(C)Oc1ccc([N+](=O)[O-])c(Cl)c1. The quantitative estimate of drug-likeness (QED) is 0.601. The molecule has 0 fully saturated rings. The molecule has 0 saturated carbocycles. The average molecular weight is 258 g/mol. The van der Waals surface area contributed by atoms with Crippen molar-refractivity contribution in [1.29, 1.82) is 0 Å². The number of rotatable bonds is 5. The number of carbonyl (C=O) groups excluding carboxylic acids is 1. The molecule has 17 heavy (non-hydrogen) atoms. The topological polar surface area (TPSA) is 69.4 Å². The van der Waals surface area contributed by atoms with E-state index in [0.717, 1.165) is 0 Å². The Hall–Kier alpha value is -1.62. The summed E-state index contributed by atoms with van der Waals surface area (Å²) in [6.45, 7) is 3.22. The summed E-state index contributed by atoms with van der Waals surface area (Å²) in [5.41, 5.74) is -0.168. The Morgan fingerprint density at radius 3 is 2.71 bits per heavy atom. The molecule has 0 amide bonds. The Kier molecular flexibility index (Phi) is 4.45. The lowest BCUT2D eigenvalue weighted by molar-refractivity contribution is -0.384. The third-order valence-corrected chi connectivity index (χ3v) is 2.33. The third kappa shape index (κ3) is 4.03. The van der Waals surface area contributed by atoms with Crippen LogP contribution in [0.4, 0.5) is 5.69 Å². The van der Waals surface area contributed by atoms with Crippen LogP contribution in [0, 0.1) is 10.1 Å². The van der Waals surface area contributed by atoms with Crippen LogP contribution in [0.1, 0.15) is 20.3 Å². The first-order valence-electron chi connectivity index (χ1n) is 5.00. The fourth-order valence-electron chi connectivity index (χ4n) is 1.39. The maximum Gasteiger partial charge on any atom is 0.288 e. The number of halogens is 1. The van der Waals surface area contributed by atoms with E-state index in [2.05, 4.69) is 0 Å². The molecule has 0 aliphatic carbocycles. The molecular formula is C11H12ClNO4. The number of nitro benzene ring substituents is 1. The van der Waals surface area contributed by atoms with Crippen LogP contribution in [0.5, 0.6) is 5.75 Å². The van der Waals surface area contributed by atoms with Gasteiger partial charge in [0.05, 0.1) is 4.92 Å². The van der Waals surface area contributed by atoms with E-state index < -0.39 is 4.92 Å². The number of Topliss-reactive ketones (excluding diaryl/α,β-unsaturated/α-hetero) is 1. The van der Waals surface area contributed by atoms with Gasteiger partial charge in [0.2, 0.25) is 0 Å². The maximum absolute atomic E-state index is 10.9. The lowest BCUT2D eigenvalue weighted by Gasteiger charge is -2.13. The zero-order chi connectivity index (χ0) is 13.0. The van der Waals surface area contributed by atoms with Crippen molar-refractivity contribution in [2.24, 2.45) is 0 Å². The molecule has 0 spiro atoms. The van der Waals surface area contributed by atoms with Crippen LogP contribution in [0.15, 0.2) is 18.2 Å². The van der Waals surface area contributed by atoms with Gasteiger partial charge in [-0.3, -0.25) is 14.9 Å². The van der Waals surface area contributed by atoms with Crippen LogP contribution in [0.2, 0.25) is 5.02 Å². The highest BCUT2D eigenvalue weighted by atomic mass is 35.5. The molecule has 0 saturated heterocycles. The first-order valence-corrected chi connectivity index (χ1v) is 5.38. The summed E-state index contributed by atoms with van der Waals surface area (Å²) in [4.78, 5) is 20.8. The number of nitrogens with zero attached hydrogens (tertiary/aromatic N) is 1. The molecule has 1 rings (SSSR count). The molecule has 0 aromatic heterocycles. The molecule has 92 valence electrons. The molecule has 1 unspecified atom stereocenters. The molecule has 0 radical (unpaired) electrons. The Labute approximate surface area is 103 Å². The van der Waals surface area contributed by atoms with Crippen LogP contribution in [-0.2, 0) is 4.79 Å². The summed E-state index contributed by atoms with van der Waals surface area (Å²) in [5, 5.41) is 10.6. The van der Waals surface area contributed by atoms with Gasteiger partial charge in [0.1, 0.15) is 22.7 Å². The minimum Gasteiger partial charge on any atom is -0.490 e. The van der Waals surface area contributed by atoms with Gasteiger partial charge >= 0.3 is 0 Å². The van der Waals surface area contributed by atoms with Gasteiger partial charge in [-0.05, 0) is 19.9 Å². The van der Waals surface area contributed by atoms with Crippen LogP contribution in [0.3, 0.4) is 0 Å². The van der Waals surface area contributed by atoms with Gasteiger partial charge in [0.25, 0.3) is 5.69 Å². The van der Waals surface area contributed by atoms with Crippen LogP contribution in [-0.4, -0.2) is 16.8 Å². The minimum atomic E-state index is -0.564. The van der Waals surface area contributed by atoms with Crippen LogP contribution in [0.25, 0.3) is 0 Å². The summed E-state index contributed by atoms with van der Waals surface area (Å²) in [5.74, 6) is 0.430. The number of ether oxygens (including phenoxy) is 1. The van der Waals surface area contributed by atoms with E-state index in [0.29, 0.717) is 5.75 Å². The smallest absolute Gasteiger partial charge is 0.288 e. The number of hydrogen-bond donors (Lipinski definition) is 0. The summed E-state index contributed by atoms with van der Waals surface area (Å²) < 4.78 is 5.41. The minimum absolute atomic E-state index is 0.0162. The molecule has 0 N–H and O–H groups in total. The maximum atomic E-state index is 10.9. The van der Waals surface area contributed by atoms with E-state index >= 15 is 0 Å². The number of hydrogen-bond acceptors (Lipinski definition) is 4. The summed E-state index contributed by atoms with van der Waals surface area (Å²) >= 11 is 5.72. The number of ketones is 1. The first kappa shape index (κ1) is 13.4. The third-order valence-electron chi connectivity index (χ3n) is 2.03. The van der Waals surface area contributed by atoms with Crippen molar-refractivity contribution in [1.82, 2.24) is 0 Å². The Morgan fingerprint density at radius 1 is 1.59 bits per heavy atom. The molecule has 1 aromatic rings. The molecule has 0 aliphatic heterocycles. The van der Waals surface area contributed by atoms with Crippen LogP contribution < -0.4 is 4.74 Å². The fourth-order valence-corrected chi connectivity index (χ4v) is 1.63. The first-order chi connectivity index (χ1) is 7.90. The summed E-state index contributed by atoms with van der Waals surface area (Å²) in [6.07, 6.45) is -0.000700. The monoisotopic (exact) mass is 257 g/mol. The number of carbonyl (C=O) groups is 1. The standard InChI is InChI=1S/C11H12ClNO4/c1-7(14)5-8(2)17-9-3-4-11(13(15)16)10(12)6-9/h3-4,6,8H,5H2,1-2H3. The van der Waals surface area contributed by atoms with Gasteiger partial charge in [-0.25, -0.2) is 0 Å². The van der Waals surface area contributed by atoms with E-state index in [1.165, 1.54) is 25.1 Å². The normalized spacial score (nSPS) is 11.9. The average Bonchev–Trinajstić information content (AvgIpc) is 2.15. The van der Waals surface area contributed by atoms with Crippen molar-refractivity contribution in [2.45, 2.75) is 26.4 Å². The predicted octanol–water partition coefficient (Wildman–Crippen LogP) is 2.99. The zero-order valence-electron chi connectivity index (χ0n) is 9.47. The van der Waals surface area contributed by atoms with E-state index in [-0.39, 0.29) is 29.0 Å². The van der Waals surface area contributed by atoms with Crippen LogP contribution >= 0.6 is 11.6 Å². The molecule has 6 heteroatoms. The number of nitro groups is 1. The summed E-state index contributed by atoms with van der Waals surface area (Å²) in [6, 6.07) is 4.11. The molecule has 0 bridgehead atoms. The van der Waals surface area contributed by atoms with E-state index in [9.17, 15) is 14.9 Å². The molecule has 0 heterocycles. The van der Waals surface area contributed by atoms with Crippen molar-refractivity contribution >= 4 is 23.1 Å². The molecule has 1 atom stereocenters. The van der Waals surface area contributed by atoms with Gasteiger partial charge in [0, 0.05) is 18.6 Å². The van der Waals surface area contributed by atoms with Crippen molar-refractivity contribution in [3.63, 3.8) is 0 Å². The predicted molar refractivity (Wildman–Crippen MR) is 63.5 cm³/mol. The highest BCUT2D eigenvalue weighted by Crippen LogP contribution is 2.28. The van der Waals surface area contributed by atoms with Gasteiger partial charge in [-0.1, -0.05) is 11.6 Å². The van der Waals surface area contributed by atoms with Gasteiger partial charge < -0.3 is 4.74 Å². The highest BCUT2D eigenvalue weighted by molar-refractivity contribution is 6.32. The number of benzene rings is 1.